The number of benzene rings is 1. The summed E-state index contributed by atoms with van der Waals surface area (Å²) in [7, 11) is 0. The van der Waals surface area contributed by atoms with Crippen LogP contribution in [0.25, 0.3) is 11.3 Å². The van der Waals surface area contributed by atoms with Crippen LogP contribution in [-0.4, -0.2) is 10.2 Å². The minimum absolute atomic E-state index is 0.0693. The Morgan fingerprint density at radius 2 is 1.70 bits per heavy atom. The third-order valence-electron chi connectivity index (χ3n) is 4.18. The van der Waals surface area contributed by atoms with E-state index in [1.54, 1.807) is 0 Å². The van der Waals surface area contributed by atoms with Crippen LogP contribution in [0.4, 0.5) is 0 Å². The highest BCUT2D eigenvalue weighted by atomic mass is 16.3. The number of hydrogen-bond donors (Lipinski definition) is 1. The SMILES string of the molecule is Cc1ccc(-c2ccc(Cc3[nH]nc(C(C)(C)C)c3C)cc2)o1. The lowest BCUT2D eigenvalue weighted by molar-refractivity contribution is 0.548. The van der Waals surface area contributed by atoms with Crippen molar-refractivity contribution in [2.24, 2.45) is 0 Å². The molecule has 0 aliphatic heterocycles. The molecule has 0 saturated heterocycles. The molecule has 0 atom stereocenters. The van der Waals surface area contributed by atoms with Crippen molar-refractivity contribution in [2.45, 2.75) is 46.5 Å². The number of furan rings is 1. The van der Waals surface area contributed by atoms with Gasteiger partial charge in [0.2, 0.25) is 0 Å². The summed E-state index contributed by atoms with van der Waals surface area (Å²) in [5.74, 6) is 1.86. The van der Waals surface area contributed by atoms with E-state index in [0.717, 1.165) is 29.2 Å². The van der Waals surface area contributed by atoms with Gasteiger partial charge in [-0.1, -0.05) is 45.0 Å². The second-order valence-corrected chi connectivity index (χ2v) is 7.21. The highest BCUT2D eigenvalue weighted by molar-refractivity contribution is 5.58. The maximum atomic E-state index is 5.67. The van der Waals surface area contributed by atoms with Gasteiger partial charge in [-0.15, -0.1) is 0 Å². The highest BCUT2D eigenvalue weighted by Crippen LogP contribution is 2.27. The van der Waals surface area contributed by atoms with Gasteiger partial charge in [0.25, 0.3) is 0 Å². The molecule has 2 heterocycles. The summed E-state index contributed by atoms with van der Waals surface area (Å²) in [6.45, 7) is 10.7. The Hall–Kier alpha value is -2.29. The largest absolute Gasteiger partial charge is 0.461 e. The van der Waals surface area contributed by atoms with E-state index in [1.807, 2.05) is 19.1 Å². The molecular weight excluding hydrogens is 284 g/mol. The number of rotatable bonds is 3. The summed E-state index contributed by atoms with van der Waals surface area (Å²) in [6.07, 6.45) is 0.867. The van der Waals surface area contributed by atoms with Gasteiger partial charge >= 0.3 is 0 Å². The van der Waals surface area contributed by atoms with Crippen molar-refractivity contribution in [3.8, 4) is 11.3 Å². The van der Waals surface area contributed by atoms with E-state index in [9.17, 15) is 0 Å². The first kappa shape index (κ1) is 15.6. The summed E-state index contributed by atoms with van der Waals surface area (Å²) in [5, 5.41) is 7.72. The zero-order valence-corrected chi connectivity index (χ0v) is 14.5. The number of aromatic amines is 1. The van der Waals surface area contributed by atoms with Crippen molar-refractivity contribution in [1.82, 2.24) is 10.2 Å². The topological polar surface area (TPSA) is 41.8 Å². The van der Waals surface area contributed by atoms with Gasteiger partial charge in [-0.05, 0) is 37.1 Å². The monoisotopic (exact) mass is 308 g/mol. The first-order valence-electron chi connectivity index (χ1n) is 8.04. The van der Waals surface area contributed by atoms with Crippen LogP contribution in [0, 0.1) is 13.8 Å². The van der Waals surface area contributed by atoms with Crippen LogP contribution in [0.5, 0.6) is 0 Å². The molecule has 1 N–H and O–H groups in total. The molecule has 0 aliphatic rings. The number of H-pyrrole nitrogens is 1. The molecule has 3 rings (SSSR count). The van der Waals surface area contributed by atoms with Gasteiger partial charge in [-0.2, -0.15) is 5.10 Å². The Morgan fingerprint density at radius 1 is 1.00 bits per heavy atom. The standard InChI is InChI=1S/C20H24N2O/c1-13-6-11-18(23-13)16-9-7-15(8-10-16)12-17-14(2)19(22-21-17)20(3,4)5/h6-11H,12H2,1-5H3,(H,21,22). The van der Waals surface area contributed by atoms with Gasteiger partial charge in [-0.25, -0.2) is 0 Å². The predicted octanol–water partition coefficient (Wildman–Crippen LogP) is 5.17. The number of hydrogen-bond acceptors (Lipinski definition) is 2. The lowest BCUT2D eigenvalue weighted by Gasteiger charge is -2.16. The third-order valence-corrected chi connectivity index (χ3v) is 4.18. The fourth-order valence-corrected chi connectivity index (χ4v) is 2.92. The van der Waals surface area contributed by atoms with E-state index < -0.39 is 0 Å². The Bertz CT molecular complexity index is 801. The van der Waals surface area contributed by atoms with Crippen LogP contribution in [-0.2, 0) is 11.8 Å². The van der Waals surface area contributed by atoms with Crippen LogP contribution in [0.2, 0.25) is 0 Å². The molecule has 23 heavy (non-hydrogen) atoms. The Morgan fingerprint density at radius 3 is 2.22 bits per heavy atom. The van der Waals surface area contributed by atoms with Gasteiger partial charge < -0.3 is 4.42 Å². The van der Waals surface area contributed by atoms with Gasteiger partial charge in [-0.3, -0.25) is 5.10 Å². The van der Waals surface area contributed by atoms with Gasteiger partial charge in [0.05, 0.1) is 5.69 Å². The normalized spacial score (nSPS) is 11.9. The average Bonchev–Trinajstić information content (AvgIpc) is 3.06. The first-order chi connectivity index (χ1) is 10.8. The quantitative estimate of drug-likeness (QED) is 0.724. The predicted molar refractivity (Wildman–Crippen MR) is 93.7 cm³/mol. The van der Waals surface area contributed by atoms with Crippen molar-refractivity contribution >= 4 is 0 Å². The third kappa shape index (κ3) is 3.24. The summed E-state index contributed by atoms with van der Waals surface area (Å²) in [4.78, 5) is 0. The molecule has 1 aromatic carbocycles. The molecule has 0 radical (unpaired) electrons. The minimum Gasteiger partial charge on any atom is -0.461 e. The fraction of sp³-hybridized carbons (Fsp3) is 0.350. The Balaban J connectivity index is 1.80. The van der Waals surface area contributed by atoms with Crippen LogP contribution >= 0.6 is 0 Å². The van der Waals surface area contributed by atoms with E-state index in [4.69, 9.17) is 4.42 Å². The molecule has 0 bridgehead atoms. The maximum absolute atomic E-state index is 5.67. The van der Waals surface area contributed by atoms with E-state index >= 15 is 0 Å². The molecule has 2 aromatic heterocycles. The first-order valence-corrected chi connectivity index (χ1v) is 8.04. The average molecular weight is 308 g/mol. The number of nitrogens with one attached hydrogen (secondary N) is 1. The van der Waals surface area contributed by atoms with Crippen molar-refractivity contribution in [2.75, 3.05) is 0 Å². The summed E-state index contributed by atoms with van der Waals surface area (Å²) < 4.78 is 5.67. The minimum atomic E-state index is 0.0693. The highest BCUT2D eigenvalue weighted by Gasteiger charge is 2.21. The van der Waals surface area contributed by atoms with Crippen molar-refractivity contribution in [3.63, 3.8) is 0 Å². The Labute approximate surface area is 137 Å². The molecule has 3 heteroatoms. The lowest BCUT2D eigenvalue weighted by atomic mass is 9.88. The van der Waals surface area contributed by atoms with Gasteiger partial charge in [0.1, 0.15) is 11.5 Å². The van der Waals surface area contributed by atoms with Crippen LogP contribution in [0.1, 0.15) is 49.0 Å². The van der Waals surface area contributed by atoms with E-state index in [2.05, 4.69) is 62.2 Å². The molecule has 0 unspecified atom stereocenters. The van der Waals surface area contributed by atoms with E-state index in [1.165, 1.54) is 16.8 Å². The molecule has 120 valence electrons. The molecule has 0 aliphatic carbocycles. The van der Waals surface area contributed by atoms with Crippen LogP contribution in [0.3, 0.4) is 0 Å². The Kier molecular flexibility index (Phi) is 3.88. The second-order valence-electron chi connectivity index (χ2n) is 7.21. The van der Waals surface area contributed by atoms with Crippen molar-refractivity contribution in [1.29, 1.82) is 0 Å². The zero-order chi connectivity index (χ0) is 16.6. The molecule has 0 spiro atoms. The molecule has 3 nitrogen and oxygen atoms in total. The second kappa shape index (κ2) is 5.73. The van der Waals surface area contributed by atoms with Crippen molar-refractivity contribution < 1.29 is 4.42 Å². The molecule has 0 amide bonds. The summed E-state index contributed by atoms with van der Waals surface area (Å²) in [5.41, 5.74) is 6.05. The number of aromatic nitrogens is 2. The van der Waals surface area contributed by atoms with Crippen LogP contribution < -0.4 is 0 Å². The van der Waals surface area contributed by atoms with E-state index in [0.29, 0.717) is 0 Å². The fourth-order valence-electron chi connectivity index (χ4n) is 2.92. The zero-order valence-electron chi connectivity index (χ0n) is 14.5. The summed E-state index contributed by atoms with van der Waals surface area (Å²) in [6, 6.07) is 12.5. The molecule has 0 fully saturated rings. The van der Waals surface area contributed by atoms with Crippen molar-refractivity contribution in [3.05, 3.63) is 64.7 Å². The lowest BCUT2D eigenvalue weighted by Crippen LogP contribution is -2.13. The number of nitrogens with zero attached hydrogens (tertiary/aromatic N) is 1. The molecule has 3 aromatic rings. The molecule has 0 saturated carbocycles. The summed E-state index contributed by atoms with van der Waals surface area (Å²) >= 11 is 0. The van der Waals surface area contributed by atoms with Gasteiger partial charge in [0, 0.05) is 23.1 Å². The van der Waals surface area contributed by atoms with Crippen LogP contribution in [0.15, 0.2) is 40.8 Å². The maximum Gasteiger partial charge on any atom is 0.134 e. The molecular formula is C20H24N2O. The number of aryl methyl sites for hydroxylation is 1. The van der Waals surface area contributed by atoms with Gasteiger partial charge in [0.15, 0.2) is 0 Å². The van der Waals surface area contributed by atoms with E-state index in [-0.39, 0.29) is 5.41 Å². The smallest absolute Gasteiger partial charge is 0.134 e.